The average Bonchev–Trinajstić information content (AvgIpc) is 2.99. The van der Waals surface area contributed by atoms with Crippen molar-refractivity contribution in [3.05, 3.63) is 81.3 Å². The van der Waals surface area contributed by atoms with Crippen molar-refractivity contribution in [1.82, 2.24) is 15.2 Å². The van der Waals surface area contributed by atoms with Gasteiger partial charge in [-0.2, -0.15) is 18.3 Å². The quantitative estimate of drug-likeness (QED) is 0.345. The number of amides is 1. The summed E-state index contributed by atoms with van der Waals surface area (Å²) in [4.78, 5) is 25.0. The van der Waals surface area contributed by atoms with Gasteiger partial charge in [0.15, 0.2) is 0 Å². The number of nitrogens with zero attached hydrogens (tertiary/aromatic N) is 2. The summed E-state index contributed by atoms with van der Waals surface area (Å²) in [6.45, 7) is 3.16. The number of nitrogens with two attached hydrogens (primary N) is 1. The summed E-state index contributed by atoms with van der Waals surface area (Å²) in [7, 11) is 0. The van der Waals surface area contributed by atoms with Crippen LogP contribution < -0.4 is 16.7 Å². The monoisotopic (exact) mass is 417 g/mol. The number of hydrogen-bond acceptors (Lipinski definition) is 4. The molecular weight excluding hydrogens is 399 g/mol. The van der Waals surface area contributed by atoms with E-state index in [1.54, 1.807) is 25.1 Å². The maximum Gasteiger partial charge on any atom is 0.416 e. The van der Waals surface area contributed by atoms with Crippen molar-refractivity contribution in [1.29, 1.82) is 0 Å². The number of nitrogens with one attached hydrogen (secondary N) is 2. The van der Waals surface area contributed by atoms with Gasteiger partial charge in [0.25, 0.3) is 11.5 Å². The molecule has 0 radical (unpaired) electrons. The summed E-state index contributed by atoms with van der Waals surface area (Å²) in [5.41, 5.74) is 8.52. The predicted molar refractivity (Wildman–Crippen MR) is 107 cm³/mol. The molecule has 0 saturated heterocycles. The lowest BCUT2D eigenvalue weighted by Crippen LogP contribution is -2.23. The number of hydrazone groups is 1. The van der Waals surface area contributed by atoms with Gasteiger partial charge in [0, 0.05) is 16.9 Å². The molecule has 0 unspecified atom stereocenters. The minimum absolute atomic E-state index is 0.197. The second-order valence-corrected chi connectivity index (χ2v) is 6.56. The number of aromatic nitrogens is 2. The van der Waals surface area contributed by atoms with Crippen LogP contribution >= 0.6 is 0 Å². The number of benzene rings is 2. The van der Waals surface area contributed by atoms with E-state index in [9.17, 15) is 22.8 Å². The minimum atomic E-state index is -4.47. The molecule has 0 spiro atoms. The van der Waals surface area contributed by atoms with Crippen LogP contribution in [0.15, 0.2) is 58.4 Å². The van der Waals surface area contributed by atoms with Crippen molar-refractivity contribution in [3.63, 3.8) is 0 Å². The van der Waals surface area contributed by atoms with Crippen molar-refractivity contribution < 1.29 is 18.0 Å². The van der Waals surface area contributed by atoms with E-state index in [1.165, 1.54) is 25.1 Å². The zero-order valence-corrected chi connectivity index (χ0v) is 16.0. The highest BCUT2D eigenvalue weighted by atomic mass is 19.4. The highest BCUT2D eigenvalue weighted by molar-refractivity contribution is 6.01. The molecule has 10 heteroatoms. The number of nitrogen functional groups attached to an aromatic ring is 1. The highest BCUT2D eigenvalue weighted by Gasteiger charge is 2.30. The molecule has 1 aromatic heterocycles. The molecule has 1 amide bonds. The van der Waals surface area contributed by atoms with Gasteiger partial charge in [0.2, 0.25) is 0 Å². The Morgan fingerprint density at radius 1 is 1.17 bits per heavy atom. The number of anilines is 1. The van der Waals surface area contributed by atoms with Gasteiger partial charge >= 0.3 is 6.18 Å². The molecule has 3 aromatic rings. The van der Waals surface area contributed by atoms with Crippen LogP contribution in [0.4, 0.5) is 18.9 Å². The van der Waals surface area contributed by atoms with Crippen LogP contribution in [0.3, 0.4) is 0 Å². The Kier molecular flexibility index (Phi) is 5.50. The topological polar surface area (TPSA) is 105 Å². The largest absolute Gasteiger partial charge is 0.416 e. The first-order chi connectivity index (χ1) is 14.1. The van der Waals surface area contributed by atoms with E-state index in [4.69, 9.17) is 5.73 Å². The molecule has 7 nitrogen and oxygen atoms in total. The van der Waals surface area contributed by atoms with E-state index >= 15 is 0 Å². The number of H-pyrrole nitrogens is 1. The molecule has 0 aliphatic heterocycles. The van der Waals surface area contributed by atoms with Gasteiger partial charge in [-0.1, -0.05) is 6.07 Å². The lowest BCUT2D eigenvalue weighted by atomic mass is 10.2. The van der Waals surface area contributed by atoms with Crippen LogP contribution in [-0.4, -0.2) is 21.4 Å². The van der Waals surface area contributed by atoms with Crippen molar-refractivity contribution in [3.8, 4) is 5.69 Å². The Hall–Kier alpha value is -3.82. The van der Waals surface area contributed by atoms with Gasteiger partial charge in [0.1, 0.15) is 0 Å². The SMILES string of the molecule is C/C(=N/NC(=O)c1cccc(N)c1)c1c(C)[nH]n(-c2ccc(C(F)(F)F)cc2)c1=O. The summed E-state index contributed by atoms with van der Waals surface area (Å²) in [5, 5.41) is 6.78. The average molecular weight is 417 g/mol. The lowest BCUT2D eigenvalue weighted by Gasteiger charge is -2.07. The summed E-state index contributed by atoms with van der Waals surface area (Å²) >= 11 is 0. The molecule has 4 N–H and O–H groups in total. The molecule has 156 valence electrons. The Labute approximate surface area is 169 Å². The highest BCUT2D eigenvalue weighted by Crippen LogP contribution is 2.29. The number of rotatable bonds is 4. The molecule has 0 saturated carbocycles. The fourth-order valence-electron chi connectivity index (χ4n) is 2.89. The van der Waals surface area contributed by atoms with E-state index in [0.717, 1.165) is 16.8 Å². The van der Waals surface area contributed by atoms with E-state index in [0.29, 0.717) is 16.9 Å². The summed E-state index contributed by atoms with van der Waals surface area (Å²) in [5.74, 6) is -0.502. The molecule has 1 heterocycles. The molecule has 0 aliphatic carbocycles. The first kappa shape index (κ1) is 20.9. The number of carbonyl (C=O) groups excluding carboxylic acids is 1. The van der Waals surface area contributed by atoms with Gasteiger partial charge in [-0.25, -0.2) is 10.1 Å². The first-order valence-electron chi connectivity index (χ1n) is 8.77. The molecule has 3 rings (SSSR count). The minimum Gasteiger partial charge on any atom is -0.399 e. The third-order valence-corrected chi connectivity index (χ3v) is 4.36. The number of alkyl halides is 3. The molecule has 30 heavy (non-hydrogen) atoms. The standard InChI is InChI=1S/C20H18F3N5O2/c1-11(25-26-18(29)13-4-3-5-15(24)10-13)17-12(2)27-28(19(17)30)16-8-6-14(7-9-16)20(21,22)23/h3-10,27H,24H2,1-2H3,(H,26,29)/b25-11-. The number of aryl methyl sites for hydroxylation is 1. The molecular formula is C20H18F3N5O2. The van der Waals surface area contributed by atoms with Crippen LogP contribution in [0.5, 0.6) is 0 Å². The van der Waals surface area contributed by atoms with Gasteiger partial charge in [-0.15, -0.1) is 0 Å². The van der Waals surface area contributed by atoms with E-state index in [1.807, 2.05) is 0 Å². The maximum atomic E-state index is 12.8. The van der Waals surface area contributed by atoms with E-state index in [-0.39, 0.29) is 17.0 Å². The van der Waals surface area contributed by atoms with Crippen LogP contribution in [0.2, 0.25) is 0 Å². The second kappa shape index (κ2) is 7.90. The number of halogens is 3. The molecule has 0 atom stereocenters. The third kappa shape index (κ3) is 4.27. The predicted octanol–water partition coefficient (Wildman–Crippen LogP) is 3.23. The first-order valence-corrected chi connectivity index (χ1v) is 8.77. The lowest BCUT2D eigenvalue weighted by molar-refractivity contribution is -0.137. The second-order valence-electron chi connectivity index (χ2n) is 6.56. The molecule has 0 aliphatic rings. The van der Waals surface area contributed by atoms with Gasteiger partial charge < -0.3 is 5.73 Å². The Morgan fingerprint density at radius 2 is 1.83 bits per heavy atom. The Bertz CT molecular complexity index is 1170. The van der Waals surface area contributed by atoms with Crippen molar-refractivity contribution in [2.75, 3.05) is 5.73 Å². The number of aromatic amines is 1. The number of carbonyl (C=O) groups is 1. The fraction of sp³-hybridized carbons (Fsp3) is 0.150. The summed E-state index contributed by atoms with van der Waals surface area (Å²) < 4.78 is 39.3. The van der Waals surface area contributed by atoms with Crippen molar-refractivity contribution in [2.45, 2.75) is 20.0 Å². The fourth-order valence-corrected chi connectivity index (χ4v) is 2.89. The van der Waals surface area contributed by atoms with Gasteiger partial charge in [0.05, 0.1) is 22.5 Å². The summed E-state index contributed by atoms with van der Waals surface area (Å²) in [6.07, 6.45) is -4.47. The van der Waals surface area contributed by atoms with Crippen LogP contribution in [0.25, 0.3) is 5.69 Å². The normalized spacial score (nSPS) is 12.1. The van der Waals surface area contributed by atoms with Crippen LogP contribution in [0, 0.1) is 6.92 Å². The van der Waals surface area contributed by atoms with E-state index in [2.05, 4.69) is 15.6 Å². The molecule has 0 bridgehead atoms. The molecule has 2 aromatic carbocycles. The smallest absolute Gasteiger partial charge is 0.399 e. The van der Waals surface area contributed by atoms with Crippen molar-refractivity contribution >= 4 is 17.3 Å². The number of hydrogen-bond donors (Lipinski definition) is 3. The maximum absolute atomic E-state index is 12.8. The Balaban J connectivity index is 1.87. The third-order valence-electron chi connectivity index (χ3n) is 4.36. The van der Waals surface area contributed by atoms with Gasteiger partial charge in [-0.3, -0.25) is 14.7 Å². The zero-order chi connectivity index (χ0) is 22.1. The molecule has 0 fully saturated rings. The van der Waals surface area contributed by atoms with Gasteiger partial charge in [-0.05, 0) is 56.3 Å². The van der Waals surface area contributed by atoms with E-state index < -0.39 is 23.2 Å². The van der Waals surface area contributed by atoms with Crippen molar-refractivity contribution in [2.24, 2.45) is 5.10 Å². The van der Waals surface area contributed by atoms with Crippen LogP contribution in [-0.2, 0) is 6.18 Å². The van der Waals surface area contributed by atoms with Crippen LogP contribution in [0.1, 0.15) is 34.1 Å². The Morgan fingerprint density at radius 3 is 2.43 bits per heavy atom. The zero-order valence-electron chi connectivity index (χ0n) is 16.0. The summed E-state index contributed by atoms with van der Waals surface area (Å²) in [6, 6.07) is 10.5.